The molecule has 2 aromatic rings. The summed E-state index contributed by atoms with van der Waals surface area (Å²) in [6.45, 7) is 3.60. The van der Waals surface area contributed by atoms with E-state index < -0.39 is 12.6 Å². The number of nitrogens with zero attached hydrogens (tertiary/aromatic N) is 1. The minimum Gasteiger partial charge on any atom is -0.481 e. The molecule has 1 heterocycles. The lowest BCUT2D eigenvalue weighted by Gasteiger charge is -2.19. The summed E-state index contributed by atoms with van der Waals surface area (Å²) >= 11 is 0. The number of halogens is 1. The molecule has 130 valence electrons. The number of aryl methyl sites for hydroxylation is 2. The fourth-order valence-corrected chi connectivity index (χ4v) is 3.15. The van der Waals surface area contributed by atoms with E-state index >= 15 is 0 Å². The molecule has 0 aliphatic carbocycles. The van der Waals surface area contributed by atoms with E-state index in [1.165, 1.54) is 12.1 Å². The molecule has 0 atom stereocenters. The topological polar surface area (TPSA) is 66.8 Å². The lowest BCUT2D eigenvalue weighted by atomic mass is 10.0. The van der Waals surface area contributed by atoms with Crippen LogP contribution in [0.15, 0.2) is 30.3 Å². The number of hydrogen-bond donors (Lipinski definition) is 1. The van der Waals surface area contributed by atoms with Crippen molar-refractivity contribution in [1.82, 2.24) is 0 Å². The molecule has 1 N–H and O–H groups in total. The Morgan fingerprint density at radius 3 is 2.52 bits per heavy atom. The first-order chi connectivity index (χ1) is 11.9. The van der Waals surface area contributed by atoms with Gasteiger partial charge in [0.2, 0.25) is 0 Å². The van der Waals surface area contributed by atoms with Crippen molar-refractivity contribution in [2.45, 2.75) is 20.3 Å². The van der Waals surface area contributed by atoms with Gasteiger partial charge in [0.15, 0.2) is 6.61 Å². The van der Waals surface area contributed by atoms with Gasteiger partial charge in [-0.25, -0.2) is 9.18 Å². The predicted octanol–water partition coefficient (Wildman–Crippen LogP) is 3.11. The van der Waals surface area contributed by atoms with Gasteiger partial charge in [-0.05, 0) is 61.2 Å². The SMILES string of the molecule is Cc1cc(C(=O)N2CCc3ccc(F)cc32)cc(C)c1OCC(=O)O. The molecule has 0 saturated carbocycles. The van der Waals surface area contributed by atoms with Gasteiger partial charge < -0.3 is 14.7 Å². The predicted molar refractivity (Wildman–Crippen MR) is 90.8 cm³/mol. The third-order valence-corrected chi connectivity index (χ3v) is 4.24. The van der Waals surface area contributed by atoms with Crippen molar-refractivity contribution in [2.75, 3.05) is 18.1 Å². The van der Waals surface area contributed by atoms with Crippen molar-refractivity contribution in [3.63, 3.8) is 0 Å². The summed E-state index contributed by atoms with van der Waals surface area (Å²) in [5.41, 5.74) is 3.39. The average molecular weight is 343 g/mol. The van der Waals surface area contributed by atoms with Crippen molar-refractivity contribution in [3.05, 3.63) is 58.4 Å². The van der Waals surface area contributed by atoms with E-state index in [0.717, 1.165) is 5.56 Å². The van der Waals surface area contributed by atoms with Crippen molar-refractivity contribution in [1.29, 1.82) is 0 Å². The van der Waals surface area contributed by atoms with Gasteiger partial charge >= 0.3 is 5.97 Å². The number of carboxylic acid groups (broad SMARTS) is 1. The molecular weight excluding hydrogens is 325 g/mol. The number of carboxylic acids is 1. The molecule has 0 fully saturated rings. The Morgan fingerprint density at radius 2 is 1.88 bits per heavy atom. The Kier molecular flexibility index (Phi) is 4.44. The Hall–Kier alpha value is -2.89. The summed E-state index contributed by atoms with van der Waals surface area (Å²) in [5.74, 6) is -1.18. The Bertz CT molecular complexity index is 839. The highest BCUT2D eigenvalue weighted by Gasteiger charge is 2.26. The second kappa shape index (κ2) is 6.55. The molecule has 1 amide bonds. The smallest absolute Gasteiger partial charge is 0.341 e. The maximum atomic E-state index is 13.5. The number of anilines is 1. The van der Waals surface area contributed by atoms with E-state index in [4.69, 9.17) is 9.84 Å². The number of fused-ring (bicyclic) bond motifs is 1. The molecule has 3 rings (SSSR count). The molecule has 5 nitrogen and oxygen atoms in total. The molecule has 6 heteroatoms. The standard InChI is InChI=1S/C19H18FNO4/c1-11-7-14(8-12(2)18(11)25-10-17(22)23)19(24)21-6-5-13-3-4-15(20)9-16(13)21/h3-4,7-9H,5-6,10H2,1-2H3,(H,22,23). The maximum Gasteiger partial charge on any atom is 0.341 e. The fourth-order valence-electron chi connectivity index (χ4n) is 3.15. The molecule has 0 aromatic heterocycles. The van der Waals surface area contributed by atoms with Crippen molar-refractivity contribution in [3.8, 4) is 5.75 Å². The summed E-state index contributed by atoms with van der Waals surface area (Å²) in [4.78, 5) is 25.1. The zero-order valence-corrected chi connectivity index (χ0v) is 14.0. The highest BCUT2D eigenvalue weighted by molar-refractivity contribution is 6.07. The number of aliphatic carboxylic acids is 1. The third-order valence-electron chi connectivity index (χ3n) is 4.24. The number of amides is 1. The number of carbonyl (C=O) groups excluding carboxylic acids is 1. The zero-order chi connectivity index (χ0) is 18.1. The lowest BCUT2D eigenvalue weighted by Crippen LogP contribution is -2.29. The molecule has 1 aliphatic heterocycles. The summed E-state index contributed by atoms with van der Waals surface area (Å²) < 4.78 is 18.8. The molecule has 2 aromatic carbocycles. The van der Waals surface area contributed by atoms with Gasteiger partial charge in [-0.3, -0.25) is 4.79 Å². The molecular formula is C19H18FNO4. The first-order valence-corrected chi connectivity index (χ1v) is 7.93. The summed E-state index contributed by atoms with van der Waals surface area (Å²) in [5, 5.41) is 8.74. The Morgan fingerprint density at radius 1 is 1.20 bits per heavy atom. The third kappa shape index (κ3) is 3.33. The first-order valence-electron chi connectivity index (χ1n) is 7.93. The van der Waals surface area contributed by atoms with Crippen LogP contribution in [0, 0.1) is 19.7 Å². The van der Waals surface area contributed by atoms with Crippen LogP contribution in [-0.4, -0.2) is 30.1 Å². The first kappa shape index (κ1) is 17.0. The van der Waals surface area contributed by atoms with Gasteiger partial charge in [-0.1, -0.05) is 6.07 Å². The zero-order valence-electron chi connectivity index (χ0n) is 14.0. The van der Waals surface area contributed by atoms with Gasteiger partial charge in [0.05, 0.1) is 5.69 Å². The molecule has 0 bridgehead atoms. The van der Waals surface area contributed by atoms with E-state index in [0.29, 0.717) is 41.1 Å². The molecule has 0 spiro atoms. The van der Waals surface area contributed by atoms with Gasteiger partial charge in [0.1, 0.15) is 11.6 Å². The molecule has 25 heavy (non-hydrogen) atoms. The van der Waals surface area contributed by atoms with E-state index in [1.807, 2.05) is 0 Å². The second-order valence-corrected chi connectivity index (χ2v) is 6.10. The van der Waals surface area contributed by atoms with Crippen LogP contribution in [0.3, 0.4) is 0 Å². The molecule has 1 aliphatic rings. The normalized spacial score (nSPS) is 12.8. The minimum absolute atomic E-state index is 0.208. The Labute approximate surface area is 144 Å². The van der Waals surface area contributed by atoms with Gasteiger partial charge in [0, 0.05) is 12.1 Å². The van der Waals surface area contributed by atoms with Gasteiger partial charge in [-0.15, -0.1) is 0 Å². The van der Waals surface area contributed by atoms with Crippen LogP contribution in [-0.2, 0) is 11.2 Å². The van der Waals surface area contributed by atoms with E-state index in [-0.39, 0.29) is 11.7 Å². The summed E-state index contributed by atoms with van der Waals surface area (Å²) in [7, 11) is 0. The number of hydrogen-bond acceptors (Lipinski definition) is 3. The minimum atomic E-state index is -1.06. The number of carbonyl (C=O) groups is 2. The quantitative estimate of drug-likeness (QED) is 0.926. The number of rotatable bonds is 4. The number of ether oxygens (including phenoxy) is 1. The van der Waals surface area contributed by atoms with Gasteiger partial charge in [-0.2, -0.15) is 0 Å². The highest BCUT2D eigenvalue weighted by atomic mass is 19.1. The van der Waals surface area contributed by atoms with Crippen molar-refractivity contribution in [2.24, 2.45) is 0 Å². The van der Waals surface area contributed by atoms with Crippen LogP contribution in [0.25, 0.3) is 0 Å². The second-order valence-electron chi connectivity index (χ2n) is 6.10. The van der Waals surface area contributed by atoms with E-state index in [2.05, 4.69) is 0 Å². The number of benzene rings is 2. The fraction of sp³-hybridized carbons (Fsp3) is 0.263. The Balaban J connectivity index is 1.89. The molecule has 0 radical (unpaired) electrons. The van der Waals surface area contributed by atoms with Crippen LogP contribution in [0.4, 0.5) is 10.1 Å². The van der Waals surface area contributed by atoms with Crippen LogP contribution in [0.1, 0.15) is 27.0 Å². The highest BCUT2D eigenvalue weighted by Crippen LogP contribution is 2.31. The van der Waals surface area contributed by atoms with Crippen LogP contribution in [0.2, 0.25) is 0 Å². The molecule has 0 saturated heterocycles. The monoisotopic (exact) mass is 343 g/mol. The van der Waals surface area contributed by atoms with Gasteiger partial charge in [0.25, 0.3) is 5.91 Å². The maximum absolute atomic E-state index is 13.5. The van der Waals surface area contributed by atoms with Crippen LogP contribution < -0.4 is 9.64 Å². The van der Waals surface area contributed by atoms with Crippen molar-refractivity contribution < 1.29 is 23.8 Å². The summed E-state index contributed by atoms with van der Waals surface area (Å²) in [6, 6.07) is 7.82. The van der Waals surface area contributed by atoms with Crippen LogP contribution in [0.5, 0.6) is 5.75 Å². The van der Waals surface area contributed by atoms with Crippen molar-refractivity contribution >= 4 is 17.6 Å². The summed E-state index contributed by atoms with van der Waals surface area (Å²) in [6.07, 6.45) is 0.694. The average Bonchev–Trinajstić information content (AvgIpc) is 2.95. The van der Waals surface area contributed by atoms with E-state index in [1.54, 1.807) is 36.9 Å². The lowest BCUT2D eigenvalue weighted by molar-refractivity contribution is -0.139. The van der Waals surface area contributed by atoms with E-state index in [9.17, 15) is 14.0 Å². The van der Waals surface area contributed by atoms with Crippen LogP contribution >= 0.6 is 0 Å². The molecule has 0 unspecified atom stereocenters. The largest absolute Gasteiger partial charge is 0.481 e.